The Balaban J connectivity index is 1.50. The van der Waals surface area contributed by atoms with Gasteiger partial charge in [-0.3, -0.25) is 0 Å². The van der Waals surface area contributed by atoms with Crippen LogP contribution in [0.5, 0.6) is 11.5 Å². The molecule has 2 heteroatoms. The van der Waals surface area contributed by atoms with Crippen LogP contribution in [0.3, 0.4) is 0 Å². The Morgan fingerprint density at radius 3 is 1.12 bits per heavy atom. The highest BCUT2D eigenvalue weighted by Gasteiger charge is 2.11. The highest BCUT2D eigenvalue weighted by atomic mass is 16.5. The number of hydrogen-bond acceptors (Lipinski definition) is 2. The number of fused-ring (bicyclic) bond motifs is 2. The van der Waals surface area contributed by atoms with E-state index in [0.717, 1.165) is 94.2 Å². The molecule has 0 aliphatic rings. The van der Waals surface area contributed by atoms with Crippen LogP contribution in [0.15, 0.2) is 97.1 Å². The van der Waals surface area contributed by atoms with Gasteiger partial charge in [0, 0.05) is 22.3 Å². The first-order valence-electron chi connectivity index (χ1n) is 14.2. The third-order valence-corrected chi connectivity index (χ3v) is 6.84. The third-order valence-electron chi connectivity index (χ3n) is 6.84. The summed E-state index contributed by atoms with van der Waals surface area (Å²) in [4.78, 5) is 0. The molecule has 0 fully saturated rings. The van der Waals surface area contributed by atoms with Crippen molar-refractivity contribution >= 4 is 21.5 Å². The molecular weight excluding hydrogens is 488 g/mol. The minimum Gasteiger partial charge on any atom is -0.494 e. The minimum absolute atomic E-state index is 0.744. The molecule has 5 aromatic carbocycles. The molecule has 0 saturated heterocycles. The molecule has 40 heavy (non-hydrogen) atoms. The lowest BCUT2D eigenvalue weighted by atomic mass is 9.92. The molecule has 198 valence electrons. The van der Waals surface area contributed by atoms with Crippen LogP contribution in [0.25, 0.3) is 21.5 Å². The largest absolute Gasteiger partial charge is 0.494 e. The number of rotatable bonds is 8. The van der Waals surface area contributed by atoms with Gasteiger partial charge < -0.3 is 9.47 Å². The van der Waals surface area contributed by atoms with Gasteiger partial charge in [0.05, 0.1) is 13.2 Å². The van der Waals surface area contributed by atoms with Crippen LogP contribution in [0.2, 0.25) is 0 Å². The fourth-order valence-corrected chi connectivity index (χ4v) is 4.60. The summed E-state index contributed by atoms with van der Waals surface area (Å²) in [6.07, 6.45) is 4.36. The topological polar surface area (TPSA) is 18.5 Å². The van der Waals surface area contributed by atoms with E-state index in [0.29, 0.717) is 0 Å². The Bertz CT molecular complexity index is 1520. The first-order valence-corrected chi connectivity index (χ1v) is 14.2. The van der Waals surface area contributed by atoms with Crippen LogP contribution in [-0.4, -0.2) is 13.2 Å². The normalized spacial score (nSPS) is 10.4. The van der Waals surface area contributed by atoms with Gasteiger partial charge in [0.2, 0.25) is 0 Å². The van der Waals surface area contributed by atoms with Crippen LogP contribution in [0.1, 0.15) is 61.8 Å². The Kier molecular flexibility index (Phi) is 9.03. The van der Waals surface area contributed by atoms with Crippen molar-refractivity contribution in [2.24, 2.45) is 0 Å². The van der Waals surface area contributed by atoms with Crippen molar-refractivity contribution in [2.75, 3.05) is 13.2 Å². The second kappa shape index (κ2) is 13.4. The van der Waals surface area contributed by atoms with E-state index >= 15 is 0 Å². The number of unbranched alkanes of at least 4 members (excludes halogenated alkanes) is 2. The highest BCUT2D eigenvalue weighted by Crippen LogP contribution is 2.32. The molecule has 0 radical (unpaired) electrons. The number of ether oxygens (including phenoxy) is 2. The van der Waals surface area contributed by atoms with E-state index < -0.39 is 0 Å². The summed E-state index contributed by atoms with van der Waals surface area (Å²) in [6.45, 7) is 5.82. The summed E-state index contributed by atoms with van der Waals surface area (Å²) >= 11 is 0. The van der Waals surface area contributed by atoms with Crippen molar-refractivity contribution < 1.29 is 9.47 Å². The van der Waals surface area contributed by atoms with Gasteiger partial charge in [0.15, 0.2) is 0 Å². The maximum absolute atomic E-state index is 5.81. The summed E-state index contributed by atoms with van der Waals surface area (Å²) in [5, 5.41) is 4.43. The summed E-state index contributed by atoms with van der Waals surface area (Å²) in [5.74, 6) is 15.5. The van der Waals surface area contributed by atoms with Crippen molar-refractivity contribution in [3.05, 3.63) is 119 Å². The molecule has 0 atom stereocenters. The molecule has 0 heterocycles. The minimum atomic E-state index is 0.744. The third kappa shape index (κ3) is 6.48. The van der Waals surface area contributed by atoms with E-state index in [1.54, 1.807) is 0 Å². The number of benzene rings is 5. The van der Waals surface area contributed by atoms with Crippen molar-refractivity contribution in [3.63, 3.8) is 0 Å². The maximum Gasteiger partial charge on any atom is 0.119 e. The molecule has 0 aliphatic heterocycles. The average Bonchev–Trinajstić information content (AvgIpc) is 3.00. The highest BCUT2D eigenvalue weighted by molar-refractivity contribution is 6.09. The zero-order valence-corrected chi connectivity index (χ0v) is 23.3. The Morgan fingerprint density at radius 1 is 0.450 bits per heavy atom. The van der Waals surface area contributed by atoms with Crippen LogP contribution >= 0.6 is 0 Å². The van der Waals surface area contributed by atoms with Gasteiger partial charge in [-0.15, -0.1) is 0 Å². The average molecular weight is 523 g/mol. The second-order valence-corrected chi connectivity index (χ2v) is 9.79. The predicted octanol–water partition coefficient (Wildman–Crippen LogP) is 9.15. The van der Waals surface area contributed by atoms with Crippen LogP contribution in [0.4, 0.5) is 0 Å². The quantitative estimate of drug-likeness (QED) is 0.115. The number of hydrogen-bond donors (Lipinski definition) is 0. The molecule has 5 aromatic rings. The van der Waals surface area contributed by atoms with E-state index in [2.05, 4.69) is 86.1 Å². The predicted molar refractivity (Wildman–Crippen MR) is 167 cm³/mol. The first-order chi connectivity index (χ1) is 19.8. The van der Waals surface area contributed by atoms with Gasteiger partial charge in [-0.05, 0) is 82.9 Å². The fraction of sp³-hybridized carbons (Fsp3) is 0.211. The molecule has 5 rings (SSSR count). The fourth-order valence-electron chi connectivity index (χ4n) is 4.60. The van der Waals surface area contributed by atoms with Gasteiger partial charge in [-0.25, -0.2) is 0 Å². The van der Waals surface area contributed by atoms with Crippen LogP contribution in [0, 0.1) is 23.7 Å². The molecule has 0 aliphatic carbocycles. The van der Waals surface area contributed by atoms with Crippen LogP contribution < -0.4 is 9.47 Å². The molecule has 0 bridgehead atoms. The summed E-state index contributed by atoms with van der Waals surface area (Å²) in [7, 11) is 0. The smallest absolute Gasteiger partial charge is 0.119 e. The zero-order valence-electron chi connectivity index (χ0n) is 23.3. The van der Waals surface area contributed by atoms with Crippen LogP contribution in [-0.2, 0) is 0 Å². The lowest BCUT2D eigenvalue weighted by Crippen LogP contribution is -1.96. The van der Waals surface area contributed by atoms with Gasteiger partial charge >= 0.3 is 0 Å². The molecule has 0 unspecified atom stereocenters. The van der Waals surface area contributed by atoms with Gasteiger partial charge in [0.1, 0.15) is 11.5 Å². The summed E-state index contributed by atoms with van der Waals surface area (Å²) in [6, 6.07) is 32.9. The first kappa shape index (κ1) is 26.9. The Hall–Kier alpha value is -4.66. The van der Waals surface area contributed by atoms with Gasteiger partial charge in [-0.1, -0.05) is 98.9 Å². The molecule has 0 saturated carbocycles. The van der Waals surface area contributed by atoms with E-state index in [4.69, 9.17) is 9.47 Å². The Morgan fingerprint density at radius 2 is 0.800 bits per heavy atom. The molecule has 0 N–H and O–H groups in total. The molecule has 2 nitrogen and oxygen atoms in total. The summed E-state index contributed by atoms with van der Waals surface area (Å²) < 4.78 is 11.6. The van der Waals surface area contributed by atoms with E-state index in [-0.39, 0.29) is 0 Å². The van der Waals surface area contributed by atoms with Gasteiger partial charge in [-0.2, -0.15) is 0 Å². The van der Waals surface area contributed by atoms with E-state index in [9.17, 15) is 0 Å². The molecular formula is C38H34O2. The van der Waals surface area contributed by atoms with Crippen molar-refractivity contribution in [3.8, 4) is 35.2 Å². The lowest BCUT2D eigenvalue weighted by Gasteiger charge is -2.10. The standard InChI is InChI=1S/C38H34O2/c1-3-5-27-39-31-21-15-29(16-22-31)19-25-37-33-11-7-9-13-35(33)38(36-14-10-8-12-34(36)37)26-20-30-17-23-32(24-18-30)40-28-6-4-2/h7-18,21-24H,3-6,27-28H2,1-2H3. The van der Waals surface area contributed by atoms with E-state index in [1.165, 1.54) is 0 Å². The maximum atomic E-state index is 5.81. The van der Waals surface area contributed by atoms with E-state index in [1.807, 2.05) is 48.5 Å². The molecule has 0 aromatic heterocycles. The Labute approximate surface area is 238 Å². The van der Waals surface area contributed by atoms with Crippen molar-refractivity contribution in [2.45, 2.75) is 39.5 Å². The zero-order chi connectivity index (χ0) is 27.6. The lowest BCUT2D eigenvalue weighted by molar-refractivity contribution is 0.309. The summed E-state index contributed by atoms with van der Waals surface area (Å²) in [5.41, 5.74) is 3.96. The van der Waals surface area contributed by atoms with Crippen molar-refractivity contribution in [1.82, 2.24) is 0 Å². The van der Waals surface area contributed by atoms with Crippen molar-refractivity contribution in [1.29, 1.82) is 0 Å². The second-order valence-electron chi connectivity index (χ2n) is 9.79. The molecule has 0 spiro atoms. The monoisotopic (exact) mass is 522 g/mol. The van der Waals surface area contributed by atoms with Gasteiger partial charge in [0.25, 0.3) is 0 Å². The molecule has 0 amide bonds. The SMILES string of the molecule is CCCCOc1ccc(C#Cc2c3ccccc3c(C#Cc3ccc(OCCCC)cc3)c3ccccc23)cc1.